The van der Waals surface area contributed by atoms with Gasteiger partial charge in [0, 0.05) is 6.20 Å². The summed E-state index contributed by atoms with van der Waals surface area (Å²) in [6.07, 6.45) is 1.49. The van der Waals surface area contributed by atoms with Crippen molar-refractivity contribution in [1.82, 2.24) is 4.98 Å². The number of aromatic nitrogens is 1. The molecule has 154 valence electrons. The first kappa shape index (κ1) is 20.9. The van der Waals surface area contributed by atoms with Gasteiger partial charge in [0.25, 0.3) is 10.0 Å². The molecule has 0 atom stereocenters. The Balaban J connectivity index is 1.77. The fourth-order valence-corrected chi connectivity index (χ4v) is 3.46. The van der Waals surface area contributed by atoms with Crippen LogP contribution in [0.5, 0.6) is 5.75 Å². The fraction of sp³-hybridized carbons (Fsp3) is 0.100. The van der Waals surface area contributed by atoms with Crippen molar-refractivity contribution in [1.29, 1.82) is 0 Å². The van der Waals surface area contributed by atoms with E-state index in [1.807, 2.05) is 0 Å². The first-order valence-electron chi connectivity index (χ1n) is 8.65. The number of ether oxygens (including phenoxy) is 2. The van der Waals surface area contributed by atoms with E-state index in [0.717, 1.165) is 0 Å². The maximum absolute atomic E-state index is 12.4. The van der Waals surface area contributed by atoms with Crippen LogP contribution in [0.25, 0.3) is 0 Å². The molecule has 0 unspecified atom stereocenters. The largest absolute Gasteiger partial charge is 0.496 e. The summed E-state index contributed by atoms with van der Waals surface area (Å²) in [5, 5.41) is 8.15. The molecule has 10 heteroatoms. The number of nitrogens with zero attached hydrogens (tertiary/aromatic N) is 3. The number of benzene rings is 2. The zero-order valence-corrected chi connectivity index (χ0v) is 17.0. The molecule has 0 bridgehead atoms. The molecule has 3 aromatic rings. The molecular weight excluding hydrogens is 408 g/mol. The molecule has 0 saturated carbocycles. The SMILES string of the molecule is COC(=O)c1cc(N=Nc2ccc(S(=O)(=O)Nc3ccccn3)cc2)ccc1OC. The van der Waals surface area contributed by atoms with Gasteiger partial charge in [0.1, 0.15) is 17.1 Å². The summed E-state index contributed by atoms with van der Waals surface area (Å²) in [4.78, 5) is 15.8. The standard InChI is InChI=1S/C20H18N4O5S/c1-28-18-11-8-15(13-17(18)20(25)29-2)23-22-14-6-9-16(10-7-14)30(26,27)24-19-5-3-4-12-21-19/h3-13H,1-2H3,(H,21,24). The lowest BCUT2D eigenvalue weighted by atomic mass is 10.2. The lowest BCUT2D eigenvalue weighted by Crippen LogP contribution is -2.13. The van der Waals surface area contributed by atoms with Crippen molar-refractivity contribution in [3.05, 3.63) is 72.4 Å². The van der Waals surface area contributed by atoms with Crippen LogP contribution in [0.15, 0.2) is 82.0 Å². The normalized spacial score (nSPS) is 11.3. The van der Waals surface area contributed by atoms with Crippen LogP contribution < -0.4 is 9.46 Å². The summed E-state index contributed by atoms with van der Waals surface area (Å²) < 4.78 is 37.1. The Morgan fingerprint density at radius 1 is 0.967 bits per heavy atom. The highest BCUT2D eigenvalue weighted by Crippen LogP contribution is 2.27. The van der Waals surface area contributed by atoms with Crippen molar-refractivity contribution >= 4 is 33.2 Å². The van der Waals surface area contributed by atoms with Gasteiger partial charge in [-0.3, -0.25) is 4.72 Å². The number of hydrogen-bond acceptors (Lipinski definition) is 8. The molecule has 3 rings (SSSR count). The fourth-order valence-electron chi connectivity index (χ4n) is 2.45. The second-order valence-corrected chi connectivity index (χ2v) is 7.57. The molecule has 0 aliphatic carbocycles. The first-order valence-corrected chi connectivity index (χ1v) is 10.1. The van der Waals surface area contributed by atoms with Gasteiger partial charge in [0.15, 0.2) is 0 Å². The third-order valence-electron chi connectivity index (χ3n) is 3.92. The van der Waals surface area contributed by atoms with Gasteiger partial charge in [-0.25, -0.2) is 18.2 Å². The number of methoxy groups -OCH3 is 2. The molecule has 0 spiro atoms. The van der Waals surface area contributed by atoms with Crippen LogP contribution in [-0.4, -0.2) is 33.6 Å². The van der Waals surface area contributed by atoms with E-state index in [0.29, 0.717) is 17.1 Å². The molecule has 9 nitrogen and oxygen atoms in total. The highest BCUT2D eigenvalue weighted by molar-refractivity contribution is 7.92. The molecule has 0 radical (unpaired) electrons. The quantitative estimate of drug-likeness (QED) is 0.449. The summed E-state index contributed by atoms with van der Waals surface area (Å²) in [6, 6.07) is 15.5. The predicted molar refractivity (Wildman–Crippen MR) is 110 cm³/mol. The zero-order chi connectivity index (χ0) is 21.6. The van der Waals surface area contributed by atoms with Gasteiger partial charge in [0.2, 0.25) is 0 Å². The molecule has 30 heavy (non-hydrogen) atoms. The third-order valence-corrected chi connectivity index (χ3v) is 5.29. The van der Waals surface area contributed by atoms with Gasteiger partial charge in [-0.2, -0.15) is 10.2 Å². The number of esters is 1. The van der Waals surface area contributed by atoms with Gasteiger partial charge < -0.3 is 9.47 Å². The number of nitrogens with one attached hydrogen (secondary N) is 1. The number of azo groups is 1. The minimum atomic E-state index is -3.77. The van der Waals surface area contributed by atoms with Gasteiger partial charge in [-0.15, -0.1) is 0 Å². The van der Waals surface area contributed by atoms with Crippen LogP contribution in [0.3, 0.4) is 0 Å². The molecule has 0 amide bonds. The van der Waals surface area contributed by atoms with Gasteiger partial charge in [0.05, 0.1) is 30.5 Å². The molecule has 0 aliphatic rings. The second-order valence-electron chi connectivity index (χ2n) is 5.89. The van der Waals surface area contributed by atoms with Gasteiger partial charge in [-0.05, 0) is 54.6 Å². The van der Waals surface area contributed by atoms with Crippen LogP contribution in [0.1, 0.15) is 10.4 Å². The highest BCUT2D eigenvalue weighted by atomic mass is 32.2. The van der Waals surface area contributed by atoms with Crippen molar-refractivity contribution in [2.75, 3.05) is 18.9 Å². The van der Waals surface area contributed by atoms with Crippen LogP contribution in [0.2, 0.25) is 0 Å². The van der Waals surface area contributed by atoms with E-state index in [1.54, 1.807) is 30.3 Å². The predicted octanol–water partition coefficient (Wildman–Crippen LogP) is 4.09. The Labute approximate surface area is 173 Å². The summed E-state index contributed by atoms with van der Waals surface area (Å²) in [5.41, 5.74) is 1.06. The maximum atomic E-state index is 12.4. The number of hydrogen-bond donors (Lipinski definition) is 1. The monoisotopic (exact) mass is 426 g/mol. The van der Waals surface area contributed by atoms with Crippen molar-refractivity contribution in [3.63, 3.8) is 0 Å². The molecule has 0 saturated heterocycles. The van der Waals surface area contributed by atoms with Gasteiger partial charge in [-0.1, -0.05) is 6.07 Å². The van der Waals surface area contributed by atoms with Crippen molar-refractivity contribution in [3.8, 4) is 5.75 Å². The smallest absolute Gasteiger partial charge is 0.341 e. The molecule has 0 aliphatic heterocycles. The molecule has 1 N–H and O–H groups in total. The molecule has 2 aromatic carbocycles. The molecular formula is C20H18N4O5S. The van der Waals surface area contributed by atoms with E-state index in [4.69, 9.17) is 9.47 Å². The summed E-state index contributed by atoms with van der Waals surface area (Å²) in [5.74, 6) is 0.0248. The van der Waals surface area contributed by atoms with E-state index < -0.39 is 16.0 Å². The van der Waals surface area contributed by atoms with E-state index in [2.05, 4.69) is 19.9 Å². The minimum Gasteiger partial charge on any atom is -0.496 e. The van der Waals surface area contributed by atoms with Crippen LogP contribution in [0, 0.1) is 0 Å². The summed E-state index contributed by atoms with van der Waals surface area (Å²) >= 11 is 0. The van der Waals surface area contributed by atoms with E-state index in [1.165, 1.54) is 50.7 Å². The number of pyridine rings is 1. The number of carbonyl (C=O) groups excluding carboxylic acids is 1. The minimum absolute atomic E-state index is 0.0597. The third kappa shape index (κ3) is 4.97. The first-order chi connectivity index (χ1) is 14.4. The Morgan fingerprint density at radius 3 is 2.30 bits per heavy atom. The lowest BCUT2D eigenvalue weighted by molar-refractivity contribution is 0.0597. The zero-order valence-electron chi connectivity index (χ0n) is 16.1. The van der Waals surface area contributed by atoms with E-state index >= 15 is 0 Å². The van der Waals surface area contributed by atoms with E-state index in [-0.39, 0.29) is 16.3 Å². The molecule has 1 heterocycles. The lowest BCUT2D eigenvalue weighted by Gasteiger charge is -2.07. The molecule has 1 aromatic heterocycles. The van der Waals surface area contributed by atoms with Crippen LogP contribution >= 0.6 is 0 Å². The van der Waals surface area contributed by atoms with Crippen LogP contribution in [-0.2, 0) is 14.8 Å². The Kier molecular flexibility index (Phi) is 6.38. The summed E-state index contributed by atoms with van der Waals surface area (Å²) in [7, 11) is -1.06. The number of rotatable bonds is 7. The molecule has 0 fully saturated rings. The average molecular weight is 426 g/mol. The summed E-state index contributed by atoms with van der Waals surface area (Å²) in [6.45, 7) is 0. The van der Waals surface area contributed by atoms with E-state index in [9.17, 15) is 13.2 Å². The highest BCUT2D eigenvalue weighted by Gasteiger charge is 2.15. The second kappa shape index (κ2) is 9.14. The number of sulfonamides is 1. The van der Waals surface area contributed by atoms with Gasteiger partial charge >= 0.3 is 5.97 Å². The Morgan fingerprint density at radius 2 is 1.67 bits per heavy atom. The Bertz CT molecular complexity index is 1160. The number of anilines is 1. The van der Waals surface area contributed by atoms with Crippen molar-refractivity contribution in [2.24, 2.45) is 10.2 Å². The Hall–Kier alpha value is -3.79. The topological polar surface area (TPSA) is 119 Å². The van der Waals surface area contributed by atoms with Crippen LogP contribution in [0.4, 0.5) is 17.2 Å². The average Bonchev–Trinajstić information content (AvgIpc) is 2.77. The van der Waals surface area contributed by atoms with Crippen molar-refractivity contribution < 1.29 is 22.7 Å². The maximum Gasteiger partial charge on any atom is 0.341 e. The van der Waals surface area contributed by atoms with Crippen molar-refractivity contribution in [2.45, 2.75) is 4.90 Å². The number of carbonyl (C=O) groups is 1.